The summed E-state index contributed by atoms with van der Waals surface area (Å²) in [5.41, 5.74) is 1.38. The molecule has 6 heteroatoms. The van der Waals surface area contributed by atoms with Gasteiger partial charge < -0.3 is 10.6 Å². The number of hydrogen-bond acceptors (Lipinski definition) is 2. The van der Waals surface area contributed by atoms with Crippen molar-refractivity contribution in [3.63, 3.8) is 0 Å². The summed E-state index contributed by atoms with van der Waals surface area (Å²) in [7, 11) is 0. The van der Waals surface area contributed by atoms with Crippen LogP contribution in [0.1, 0.15) is 39.2 Å². The minimum Gasteiger partial charge on any atom is -0.345 e. The van der Waals surface area contributed by atoms with E-state index in [0.29, 0.717) is 5.69 Å². The number of benzene rings is 3. The summed E-state index contributed by atoms with van der Waals surface area (Å²) in [4.78, 5) is 25.2. The topological polar surface area (TPSA) is 58.2 Å². The highest BCUT2D eigenvalue weighted by Crippen LogP contribution is 2.20. The lowest BCUT2D eigenvalue weighted by Crippen LogP contribution is -2.28. The van der Waals surface area contributed by atoms with Gasteiger partial charge in [-0.1, -0.05) is 54.1 Å². The van der Waals surface area contributed by atoms with Crippen molar-refractivity contribution in [2.75, 3.05) is 5.32 Å². The smallest absolute Gasteiger partial charge is 0.258 e. The molecule has 0 aliphatic rings. The zero-order chi connectivity index (χ0) is 20.1. The second-order valence-electron chi connectivity index (χ2n) is 6.23. The molecule has 4 nitrogen and oxygen atoms in total. The van der Waals surface area contributed by atoms with Crippen LogP contribution in [0.15, 0.2) is 72.8 Å². The second-order valence-corrected chi connectivity index (χ2v) is 6.67. The minimum atomic E-state index is -0.732. The highest BCUT2D eigenvalue weighted by molar-refractivity contribution is 6.30. The third-order valence-electron chi connectivity index (χ3n) is 4.24. The summed E-state index contributed by atoms with van der Waals surface area (Å²) in [5, 5.41) is 5.70. The highest BCUT2D eigenvalue weighted by atomic mass is 35.5. The minimum absolute atomic E-state index is 0.155. The first-order valence-corrected chi connectivity index (χ1v) is 9.04. The molecular weight excluding hydrogens is 379 g/mol. The van der Waals surface area contributed by atoms with Crippen LogP contribution >= 0.6 is 11.6 Å². The van der Waals surface area contributed by atoms with Crippen LogP contribution in [0, 0.1) is 5.82 Å². The summed E-state index contributed by atoms with van der Waals surface area (Å²) in [5.74, 6) is -1.74. The van der Waals surface area contributed by atoms with Crippen molar-refractivity contribution in [2.24, 2.45) is 0 Å². The summed E-state index contributed by atoms with van der Waals surface area (Å²) in [6.45, 7) is 1.87. The van der Waals surface area contributed by atoms with E-state index >= 15 is 0 Å². The van der Waals surface area contributed by atoms with Gasteiger partial charge in [0.25, 0.3) is 11.8 Å². The number of hydrogen-bond donors (Lipinski definition) is 2. The first-order valence-electron chi connectivity index (χ1n) is 8.67. The Morgan fingerprint density at radius 3 is 2.29 bits per heavy atom. The molecule has 2 N–H and O–H groups in total. The molecule has 0 radical (unpaired) electrons. The predicted molar refractivity (Wildman–Crippen MR) is 108 cm³/mol. The van der Waals surface area contributed by atoms with Crippen molar-refractivity contribution in [1.29, 1.82) is 0 Å². The lowest BCUT2D eigenvalue weighted by atomic mass is 10.1. The molecule has 2 amide bonds. The van der Waals surface area contributed by atoms with Gasteiger partial charge in [0.15, 0.2) is 0 Å². The van der Waals surface area contributed by atoms with Crippen LogP contribution in [-0.4, -0.2) is 11.8 Å². The fourth-order valence-corrected chi connectivity index (χ4v) is 2.91. The highest BCUT2D eigenvalue weighted by Gasteiger charge is 2.18. The van der Waals surface area contributed by atoms with E-state index < -0.39 is 11.7 Å². The average Bonchev–Trinajstić information content (AvgIpc) is 2.68. The van der Waals surface area contributed by atoms with Gasteiger partial charge in [-0.15, -0.1) is 0 Å². The number of amides is 2. The van der Waals surface area contributed by atoms with Crippen LogP contribution in [0.5, 0.6) is 0 Å². The maximum atomic E-state index is 14.0. The fourth-order valence-electron chi connectivity index (χ4n) is 2.75. The van der Waals surface area contributed by atoms with Crippen LogP contribution in [0.2, 0.25) is 5.02 Å². The Bertz CT molecular complexity index is 1010. The number of para-hydroxylation sites is 1. The summed E-state index contributed by atoms with van der Waals surface area (Å²) >= 11 is 5.72. The second kappa shape index (κ2) is 8.67. The largest absolute Gasteiger partial charge is 0.345 e. The molecular formula is C22H18ClFN2O2. The molecule has 0 heterocycles. The summed E-state index contributed by atoms with van der Waals surface area (Å²) in [6.07, 6.45) is 0. The van der Waals surface area contributed by atoms with Gasteiger partial charge in [0, 0.05) is 5.02 Å². The van der Waals surface area contributed by atoms with Crippen LogP contribution in [0.25, 0.3) is 0 Å². The normalized spacial score (nSPS) is 11.5. The first kappa shape index (κ1) is 19.6. The SMILES string of the molecule is CC(NC(=O)c1ccccc1NC(=O)c1ccc(Cl)cc1F)c1ccccc1. The molecule has 0 bridgehead atoms. The van der Waals surface area contributed by atoms with Crippen molar-refractivity contribution >= 4 is 29.1 Å². The Kier molecular flexibility index (Phi) is 6.06. The maximum Gasteiger partial charge on any atom is 0.258 e. The Morgan fingerprint density at radius 2 is 1.57 bits per heavy atom. The summed E-state index contributed by atoms with van der Waals surface area (Å²) in [6, 6.07) is 19.7. The Morgan fingerprint density at radius 1 is 0.893 bits per heavy atom. The van der Waals surface area contributed by atoms with E-state index in [9.17, 15) is 14.0 Å². The van der Waals surface area contributed by atoms with Crippen LogP contribution in [0.4, 0.5) is 10.1 Å². The van der Waals surface area contributed by atoms with Gasteiger partial charge in [-0.2, -0.15) is 0 Å². The van der Waals surface area contributed by atoms with E-state index in [4.69, 9.17) is 11.6 Å². The molecule has 0 aliphatic heterocycles. The number of carbonyl (C=O) groups is 2. The van der Waals surface area contributed by atoms with Gasteiger partial charge in [-0.05, 0) is 42.8 Å². The van der Waals surface area contributed by atoms with Crippen molar-refractivity contribution in [1.82, 2.24) is 5.32 Å². The zero-order valence-corrected chi connectivity index (χ0v) is 15.8. The van der Waals surface area contributed by atoms with Gasteiger partial charge in [-0.3, -0.25) is 9.59 Å². The first-order chi connectivity index (χ1) is 13.5. The Labute approximate surface area is 167 Å². The molecule has 3 aromatic carbocycles. The van der Waals surface area contributed by atoms with Gasteiger partial charge in [0.2, 0.25) is 0 Å². The van der Waals surface area contributed by atoms with E-state index in [2.05, 4.69) is 10.6 Å². The van der Waals surface area contributed by atoms with Crippen LogP contribution in [0.3, 0.4) is 0 Å². The monoisotopic (exact) mass is 396 g/mol. The fraction of sp³-hybridized carbons (Fsp3) is 0.0909. The molecule has 0 spiro atoms. The zero-order valence-electron chi connectivity index (χ0n) is 15.1. The van der Waals surface area contributed by atoms with Gasteiger partial charge >= 0.3 is 0 Å². The number of carbonyl (C=O) groups excluding carboxylic acids is 2. The maximum absolute atomic E-state index is 14.0. The third-order valence-corrected chi connectivity index (χ3v) is 4.48. The van der Waals surface area contributed by atoms with Crippen molar-refractivity contribution in [3.8, 4) is 0 Å². The standard InChI is InChI=1S/C22H18ClFN2O2/c1-14(15-7-3-2-4-8-15)25-22(28)18-9-5-6-10-20(18)26-21(27)17-12-11-16(23)13-19(17)24/h2-14H,1H3,(H,25,28)(H,26,27). The number of anilines is 1. The number of nitrogens with one attached hydrogen (secondary N) is 2. The Balaban J connectivity index is 1.79. The van der Waals surface area contributed by atoms with Crippen LogP contribution < -0.4 is 10.6 Å². The van der Waals surface area contributed by atoms with Crippen molar-refractivity contribution in [2.45, 2.75) is 13.0 Å². The quantitative estimate of drug-likeness (QED) is 0.621. The van der Waals surface area contributed by atoms with E-state index in [1.807, 2.05) is 37.3 Å². The van der Waals surface area contributed by atoms with Gasteiger partial charge in [0.1, 0.15) is 5.82 Å². The molecule has 0 saturated heterocycles. The van der Waals surface area contributed by atoms with E-state index in [-0.39, 0.29) is 28.1 Å². The molecule has 3 aromatic rings. The predicted octanol–water partition coefficient (Wildman–Crippen LogP) is 5.22. The van der Waals surface area contributed by atoms with E-state index in [1.54, 1.807) is 24.3 Å². The van der Waals surface area contributed by atoms with Crippen molar-refractivity contribution < 1.29 is 14.0 Å². The average molecular weight is 397 g/mol. The van der Waals surface area contributed by atoms with Crippen LogP contribution in [-0.2, 0) is 0 Å². The van der Waals surface area contributed by atoms with Crippen molar-refractivity contribution in [3.05, 3.63) is 100 Å². The molecule has 0 saturated carbocycles. The molecule has 0 fully saturated rings. The molecule has 1 atom stereocenters. The number of rotatable bonds is 5. The molecule has 28 heavy (non-hydrogen) atoms. The van der Waals surface area contributed by atoms with E-state index in [0.717, 1.165) is 11.6 Å². The number of halogens is 2. The molecule has 142 valence electrons. The summed E-state index contributed by atoms with van der Waals surface area (Å²) < 4.78 is 14.0. The lowest BCUT2D eigenvalue weighted by Gasteiger charge is -2.16. The lowest BCUT2D eigenvalue weighted by molar-refractivity contribution is 0.0941. The molecule has 0 aliphatic carbocycles. The van der Waals surface area contributed by atoms with E-state index in [1.165, 1.54) is 12.1 Å². The van der Waals surface area contributed by atoms with Gasteiger partial charge in [0.05, 0.1) is 22.9 Å². The Hall–Kier alpha value is -3.18. The third kappa shape index (κ3) is 4.56. The molecule has 0 aromatic heterocycles. The molecule has 3 rings (SSSR count). The molecule has 1 unspecified atom stereocenters. The van der Waals surface area contributed by atoms with Gasteiger partial charge in [-0.25, -0.2) is 4.39 Å².